The first-order valence-electron chi connectivity index (χ1n) is 13.4. The monoisotopic (exact) mass is 490 g/mol. The summed E-state index contributed by atoms with van der Waals surface area (Å²) in [5, 5.41) is 1.20. The van der Waals surface area contributed by atoms with Gasteiger partial charge in [0.15, 0.2) is 0 Å². The van der Waals surface area contributed by atoms with Gasteiger partial charge in [0.05, 0.1) is 17.1 Å². The third-order valence-corrected chi connectivity index (χ3v) is 8.20. The third kappa shape index (κ3) is 3.21. The van der Waals surface area contributed by atoms with Crippen LogP contribution in [-0.4, -0.2) is 9.97 Å². The van der Waals surface area contributed by atoms with Crippen molar-refractivity contribution in [2.45, 2.75) is 31.6 Å². The minimum Gasteiger partial charge on any atom is -0.460 e. The second kappa shape index (κ2) is 8.26. The fraction of sp³-hybridized carbons (Fsp3) is 0.143. The van der Waals surface area contributed by atoms with Gasteiger partial charge in [-0.3, -0.25) is 4.98 Å². The average molecular weight is 491 g/mol. The molecule has 8 rings (SSSR count). The number of hydrogen-bond donors (Lipinski definition) is 0. The Morgan fingerprint density at radius 3 is 2.63 bits per heavy atom. The summed E-state index contributed by atoms with van der Waals surface area (Å²) in [5.74, 6) is 1.58. The first kappa shape index (κ1) is 21.6. The summed E-state index contributed by atoms with van der Waals surface area (Å²) in [6.45, 7) is 2.02. The molecule has 3 aliphatic rings. The van der Waals surface area contributed by atoms with Crippen molar-refractivity contribution in [3.05, 3.63) is 126 Å². The number of hydrogen-bond acceptors (Lipinski definition) is 3. The highest BCUT2D eigenvalue weighted by atomic mass is 16.3. The van der Waals surface area contributed by atoms with Gasteiger partial charge in [-0.1, -0.05) is 85.0 Å². The van der Waals surface area contributed by atoms with Crippen LogP contribution < -0.4 is 0 Å². The maximum atomic E-state index is 6.42. The Kier molecular flexibility index (Phi) is 4.69. The largest absolute Gasteiger partial charge is 0.460 e. The summed E-state index contributed by atoms with van der Waals surface area (Å²) in [4.78, 5) is 9.74. The van der Waals surface area contributed by atoms with Crippen LogP contribution in [0.3, 0.4) is 0 Å². The number of fused-ring (bicyclic) bond motifs is 9. The lowest BCUT2D eigenvalue weighted by Crippen LogP contribution is -2.19. The molecular formula is C35H26N2O. The predicted molar refractivity (Wildman–Crippen MR) is 154 cm³/mol. The minimum atomic E-state index is 0.217. The van der Waals surface area contributed by atoms with E-state index >= 15 is 0 Å². The maximum Gasteiger partial charge on any atom is 0.142 e. The molecule has 0 amide bonds. The van der Waals surface area contributed by atoms with Crippen LogP contribution in [0.25, 0.3) is 50.6 Å². The van der Waals surface area contributed by atoms with Crippen molar-refractivity contribution >= 4 is 17.0 Å². The Labute approximate surface area is 221 Å². The molecule has 2 atom stereocenters. The van der Waals surface area contributed by atoms with Crippen molar-refractivity contribution in [3.63, 3.8) is 0 Å². The summed E-state index contributed by atoms with van der Waals surface area (Å²) in [5.41, 5.74) is 12.5. The molecule has 2 heterocycles. The Balaban J connectivity index is 1.26. The van der Waals surface area contributed by atoms with Gasteiger partial charge in [-0.2, -0.15) is 0 Å². The normalized spacial score (nSPS) is 18.7. The van der Waals surface area contributed by atoms with E-state index in [0.717, 1.165) is 46.8 Å². The van der Waals surface area contributed by atoms with E-state index < -0.39 is 0 Å². The second-order valence-electron chi connectivity index (χ2n) is 10.5. The summed E-state index contributed by atoms with van der Waals surface area (Å²) in [6.07, 6.45) is 17.2. The lowest BCUT2D eigenvalue weighted by molar-refractivity contribution is 0.547. The van der Waals surface area contributed by atoms with E-state index in [9.17, 15) is 0 Å². The predicted octanol–water partition coefficient (Wildman–Crippen LogP) is 8.80. The highest BCUT2D eigenvalue weighted by molar-refractivity contribution is 5.99. The lowest BCUT2D eigenvalue weighted by Gasteiger charge is -2.32. The first-order valence-corrected chi connectivity index (χ1v) is 13.4. The SMILES string of the molecule is Cc1cnc2c(n1)-c1ccc(-c3cccc(-c4cccc5c6c(oc45)CCC=C6)c3)cc1C1C=CC=CC21. The van der Waals surface area contributed by atoms with Crippen molar-refractivity contribution in [1.29, 1.82) is 0 Å². The van der Waals surface area contributed by atoms with E-state index in [0.29, 0.717) is 0 Å². The molecule has 0 radical (unpaired) electrons. The maximum absolute atomic E-state index is 6.42. The van der Waals surface area contributed by atoms with Crippen LogP contribution >= 0.6 is 0 Å². The molecule has 0 bridgehead atoms. The molecule has 0 N–H and O–H groups in total. The van der Waals surface area contributed by atoms with Crippen molar-refractivity contribution in [1.82, 2.24) is 9.97 Å². The first-order chi connectivity index (χ1) is 18.7. The molecule has 3 nitrogen and oxygen atoms in total. The third-order valence-electron chi connectivity index (χ3n) is 8.20. The summed E-state index contributed by atoms with van der Waals surface area (Å²) in [7, 11) is 0. The van der Waals surface area contributed by atoms with Gasteiger partial charge < -0.3 is 4.42 Å². The van der Waals surface area contributed by atoms with Gasteiger partial charge >= 0.3 is 0 Å². The molecule has 0 aliphatic heterocycles. The van der Waals surface area contributed by atoms with E-state index in [2.05, 4.69) is 97.1 Å². The molecule has 0 saturated carbocycles. The van der Waals surface area contributed by atoms with Gasteiger partial charge in [0.25, 0.3) is 0 Å². The number of furan rings is 1. The highest BCUT2D eigenvalue weighted by Gasteiger charge is 2.34. The number of allylic oxidation sites excluding steroid dienone is 5. The van der Waals surface area contributed by atoms with E-state index in [1.807, 2.05) is 13.1 Å². The molecule has 0 fully saturated rings. The number of nitrogens with zero attached hydrogens (tertiary/aromatic N) is 2. The molecule has 3 aromatic carbocycles. The van der Waals surface area contributed by atoms with Crippen molar-refractivity contribution in [3.8, 4) is 33.5 Å². The molecule has 0 saturated heterocycles. The van der Waals surface area contributed by atoms with Crippen molar-refractivity contribution in [2.24, 2.45) is 0 Å². The zero-order valence-electron chi connectivity index (χ0n) is 21.2. The second-order valence-corrected chi connectivity index (χ2v) is 10.5. The van der Waals surface area contributed by atoms with Crippen LogP contribution in [0.5, 0.6) is 0 Å². The van der Waals surface area contributed by atoms with Crippen LogP contribution in [0.4, 0.5) is 0 Å². The van der Waals surface area contributed by atoms with Gasteiger partial charge in [0.1, 0.15) is 11.3 Å². The Morgan fingerprint density at radius 2 is 1.68 bits per heavy atom. The van der Waals surface area contributed by atoms with Crippen LogP contribution in [0.1, 0.15) is 46.5 Å². The zero-order chi connectivity index (χ0) is 25.2. The lowest BCUT2D eigenvalue weighted by atomic mass is 9.73. The Morgan fingerprint density at radius 1 is 0.842 bits per heavy atom. The summed E-state index contributed by atoms with van der Waals surface area (Å²) < 4.78 is 6.42. The van der Waals surface area contributed by atoms with Crippen LogP contribution in [0, 0.1) is 6.92 Å². The molecule has 2 aromatic heterocycles. The molecule has 5 aromatic rings. The molecule has 3 heteroatoms. The Hall–Kier alpha value is -4.50. The highest BCUT2D eigenvalue weighted by Crippen LogP contribution is 2.49. The minimum absolute atomic E-state index is 0.217. The van der Waals surface area contributed by atoms with Gasteiger partial charge in [0.2, 0.25) is 0 Å². The number of aromatic nitrogens is 2. The fourth-order valence-electron chi connectivity index (χ4n) is 6.39. The quantitative estimate of drug-likeness (QED) is 0.248. The van der Waals surface area contributed by atoms with E-state index in [1.165, 1.54) is 38.8 Å². The summed E-state index contributed by atoms with van der Waals surface area (Å²) >= 11 is 0. The van der Waals surface area contributed by atoms with Crippen molar-refractivity contribution in [2.75, 3.05) is 0 Å². The van der Waals surface area contributed by atoms with Gasteiger partial charge in [-0.05, 0) is 47.7 Å². The smallest absolute Gasteiger partial charge is 0.142 e. The molecule has 38 heavy (non-hydrogen) atoms. The summed E-state index contributed by atoms with van der Waals surface area (Å²) in [6, 6.07) is 22.2. The number of aryl methyl sites for hydroxylation is 2. The van der Waals surface area contributed by atoms with E-state index in [-0.39, 0.29) is 11.8 Å². The van der Waals surface area contributed by atoms with Crippen molar-refractivity contribution < 1.29 is 4.42 Å². The number of benzene rings is 3. The zero-order valence-corrected chi connectivity index (χ0v) is 21.2. The number of para-hydroxylation sites is 1. The topological polar surface area (TPSA) is 38.9 Å². The molecule has 3 aliphatic carbocycles. The fourth-order valence-corrected chi connectivity index (χ4v) is 6.39. The molecule has 182 valence electrons. The average Bonchev–Trinajstić information content (AvgIpc) is 3.36. The van der Waals surface area contributed by atoms with Gasteiger partial charge in [-0.25, -0.2) is 4.98 Å². The van der Waals surface area contributed by atoms with Crippen LogP contribution in [-0.2, 0) is 6.42 Å². The van der Waals surface area contributed by atoms with E-state index in [4.69, 9.17) is 14.4 Å². The standard InChI is InChI=1S/C35H26N2O/c1-21-20-36-33-28-12-3-2-10-26(28)31-19-23(16-17-29(31)34(33)37-21)22-8-6-9-24(18-22)25-13-7-14-30-27-11-4-5-15-32(27)38-35(25)30/h2-4,6-14,16-20,26,28H,5,15H2,1H3. The van der Waals surface area contributed by atoms with Gasteiger partial charge in [0, 0.05) is 46.5 Å². The van der Waals surface area contributed by atoms with Gasteiger partial charge in [-0.15, -0.1) is 0 Å². The van der Waals surface area contributed by atoms with Crippen LogP contribution in [0.2, 0.25) is 0 Å². The van der Waals surface area contributed by atoms with E-state index in [1.54, 1.807) is 0 Å². The number of rotatable bonds is 2. The Bertz CT molecular complexity index is 1850. The molecule has 0 spiro atoms. The molecule has 2 unspecified atom stereocenters. The van der Waals surface area contributed by atoms with Crippen LogP contribution in [0.15, 0.2) is 102 Å². The molecular weight excluding hydrogens is 464 g/mol.